The lowest BCUT2D eigenvalue weighted by Crippen LogP contribution is -2.10. The third-order valence-electron chi connectivity index (χ3n) is 2.87. The highest BCUT2D eigenvalue weighted by molar-refractivity contribution is 9.10. The van der Waals surface area contributed by atoms with Crippen molar-refractivity contribution >= 4 is 21.6 Å². The van der Waals surface area contributed by atoms with Crippen LogP contribution in [0.15, 0.2) is 35.1 Å². The van der Waals surface area contributed by atoms with Gasteiger partial charge in [-0.15, -0.1) is 0 Å². The number of aryl methyl sites for hydroxylation is 1. The first-order valence-electron chi connectivity index (χ1n) is 5.64. The average Bonchev–Trinajstić information content (AvgIpc) is 2.64. The SMILES string of the molecule is Cc1ncn(CCNc2ccc(Br)cc2)c1C. The molecule has 90 valence electrons. The van der Waals surface area contributed by atoms with Gasteiger partial charge < -0.3 is 9.88 Å². The van der Waals surface area contributed by atoms with Crippen LogP contribution in [0.2, 0.25) is 0 Å². The van der Waals surface area contributed by atoms with Gasteiger partial charge in [0.1, 0.15) is 0 Å². The molecule has 1 N–H and O–H groups in total. The molecule has 0 bridgehead atoms. The molecule has 3 nitrogen and oxygen atoms in total. The monoisotopic (exact) mass is 293 g/mol. The quantitative estimate of drug-likeness (QED) is 0.937. The van der Waals surface area contributed by atoms with Gasteiger partial charge in [-0.1, -0.05) is 15.9 Å². The molecule has 1 aromatic carbocycles. The third-order valence-corrected chi connectivity index (χ3v) is 3.40. The van der Waals surface area contributed by atoms with Gasteiger partial charge in [-0.3, -0.25) is 0 Å². The number of imidazole rings is 1. The minimum atomic E-state index is 0.901. The van der Waals surface area contributed by atoms with Crippen LogP contribution in [0.3, 0.4) is 0 Å². The Labute approximate surface area is 110 Å². The molecule has 0 radical (unpaired) electrons. The maximum Gasteiger partial charge on any atom is 0.0952 e. The van der Waals surface area contributed by atoms with Crippen molar-refractivity contribution in [2.75, 3.05) is 11.9 Å². The number of anilines is 1. The van der Waals surface area contributed by atoms with Crippen LogP contribution in [-0.4, -0.2) is 16.1 Å². The summed E-state index contributed by atoms with van der Waals surface area (Å²) >= 11 is 3.42. The summed E-state index contributed by atoms with van der Waals surface area (Å²) in [6.07, 6.45) is 1.90. The summed E-state index contributed by atoms with van der Waals surface area (Å²) in [7, 11) is 0. The first kappa shape index (κ1) is 12.2. The molecule has 0 aliphatic heterocycles. The van der Waals surface area contributed by atoms with E-state index in [0.717, 1.165) is 28.9 Å². The Morgan fingerprint density at radius 3 is 2.53 bits per heavy atom. The number of benzene rings is 1. The molecular weight excluding hydrogens is 278 g/mol. The summed E-state index contributed by atoms with van der Waals surface area (Å²) in [6.45, 7) is 5.97. The Hall–Kier alpha value is -1.29. The molecule has 2 aromatic rings. The zero-order valence-electron chi connectivity index (χ0n) is 10.1. The first-order valence-corrected chi connectivity index (χ1v) is 6.44. The lowest BCUT2D eigenvalue weighted by molar-refractivity contribution is 0.705. The van der Waals surface area contributed by atoms with Crippen molar-refractivity contribution in [1.82, 2.24) is 9.55 Å². The number of rotatable bonds is 4. The number of nitrogens with one attached hydrogen (secondary N) is 1. The molecule has 2 rings (SSSR count). The van der Waals surface area contributed by atoms with Gasteiger partial charge in [0.2, 0.25) is 0 Å². The van der Waals surface area contributed by atoms with E-state index in [1.54, 1.807) is 0 Å². The molecular formula is C13H16BrN3. The summed E-state index contributed by atoms with van der Waals surface area (Å²) in [5.74, 6) is 0. The highest BCUT2D eigenvalue weighted by Gasteiger charge is 2.00. The minimum Gasteiger partial charge on any atom is -0.383 e. The number of hydrogen-bond donors (Lipinski definition) is 1. The van der Waals surface area contributed by atoms with Crippen molar-refractivity contribution in [3.05, 3.63) is 46.5 Å². The Morgan fingerprint density at radius 1 is 1.24 bits per heavy atom. The van der Waals surface area contributed by atoms with Gasteiger partial charge in [0.15, 0.2) is 0 Å². The van der Waals surface area contributed by atoms with E-state index in [9.17, 15) is 0 Å². The van der Waals surface area contributed by atoms with E-state index in [2.05, 4.69) is 49.9 Å². The molecule has 0 atom stereocenters. The predicted octanol–water partition coefficient (Wildman–Crippen LogP) is 3.37. The molecule has 4 heteroatoms. The normalized spacial score (nSPS) is 10.5. The van der Waals surface area contributed by atoms with Crippen LogP contribution >= 0.6 is 15.9 Å². The highest BCUT2D eigenvalue weighted by atomic mass is 79.9. The Kier molecular flexibility index (Phi) is 3.84. The Morgan fingerprint density at radius 2 is 1.94 bits per heavy atom. The van der Waals surface area contributed by atoms with Crippen molar-refractivity contribution in [1.29, 1.82) is 0 Å². The van der Waals surface area contributed by atoms with Gasteiger partial charge in [0, 0.05) is 28.9 Å². The lowest BCUT2D eigenvalue weighted by Gasteiger charge is -2.08. The molecule has 0 amide bonds. The summed E-state index contributed by atoms with van der Waals surface area (Å²) in [5.41, 5.74) is 3.49. The number of nitrogens with zero attached hydrogens (tertiary/aromatic N) is 2. The molecule has 1 heterocycles. The lowest BCUT2D eigenvalue weighted by atomic mass is 10.3. The van der Waals surface area contributed by atoms with Crippen LogP contribution in [0.25, 0.3) is 0 Å². The van der Waals surface area contributed by atoms with Crippen LogP contribution in [0.5, 0.6) is 0 Å². The fourth-order valence-electron chi connectivity index (χ4n) is 1.66. The zero-order chi connectivity index (χ0) is 12.3. The van der Waals surface area contributed by atoms with Crippen LogP contribution in [0, 0.1) is 13.8 Å². The topological polar surface area (TPSA) is 29.9 Å². The fourth-order valence-corrected chi connectivity index (χ4v) is 1.92. The maximum absolute atomic E-state index is 4.28. The van der Waals surface area contributed by atoms with E-state index in [1.807, 2.05) is 25.4 Å². The summed E-state index contributed by atoms with van der Waals surface area (Å²) in [5, 5.41) is 3.39. The van der Waals surface area contributed by atoms with Crippen molar-refractivity contribution in [3.8, 4) is 0 Å². The average molecular weight is 294 g/mol. The molecule has 17 heavy (non-hydrogen) atoms. The summed E-state index contributed by atoms with van der Waals surface area (Å²) in [6, 6.07) is 8.20. The smallest absolute Gasteiger partial charge is 0.0952 e. The van der Waals surface area contributed by atoms with Gasteiger partial charge in [0.05, 0.1) is 12.0 Å². The largest absolute Gasteiger partial charge is 0.383 e. The highest BCUT2D eigenvalue weighted by Crippen LogP contribution is 2.14. The van der Waals surface area contributed by atoms with Crippen molar-refractivity contribution in [3.63, 3.8) is 0 Å². The minimum absolute atomic E-state index is 0.901. The van der Waals surface area contributed by atoms with E-state index >= 15 is 0 Å². The Balaban J connectivity index is 1.87. The molecule has 0 saturated heterocycles. The van der Waals surface area contributed by atoms with Crippen LogP contribution in [0.4, 0.5) is 5.69 Å². The molecule has 0 aliphatic carbocycles. The third kappa shape index (κ3) is 3.09. The van der Waals surface area contributed by atoms with E-state index in [0.29, 0.717) is 0 Å². The second-order valence-corrected chi connectivity index (χ2v) is 4.96. The van der Waals surface area contributed by atoms with Crippen molar-refractivity contribution < 1.29 is 0 Å². The van der Waals surface area contributed by atoms with E-state index < -0.39 is 0 Å². The van der Waals surface area contributed by atoms with Gasteiger partial charge >= 0.3 is 0 Å². The number of halogens is 1. The number of aromatic nitrogens is 2. The molecule has 0 aliphatic rings. The van der Waals surface area contributed by atoms with Crippen LogP contribution in [-0.2, 0) is 6.54 Å². The van der Waals surface area contributed by atoms with Gasteiger partial charge in [-0.2, -0.15) is 0 Å². The van der Waals surface area contributed by atoms with Crippen molar-refractivity contribution in [2.24, 2.45) is 0 Å². The molecule has 0 fully saturated rings. The maximum atomic E-state index is 4.28. The molecule has 0 unspecified atom stereocenters. The molecule has 0 spiro atoms. The van der Waals surface area contributed by atoms with E-state index in [-0.39, 0.29) is 0 Å². The standard InChI is InChI=1S/C13H16BrN3/c1-10-11(2)17(9-16-10)8-7-15-13-5-3-12(14)4-6-13/h3-6,9,15H,7-8H2,1-2H3. The van der Waals surface area contributed by atoms with Gasteiger partial charge in [-0.05, 0) is 38.1 Å². The fraction of sp³-hybridized carbons (Fsp3) is 0.308. The van der Waals surface area contributed by atoms with Crippen molar-refractivity contribution in [2.45, 2.75) is 20.4 Å². The first-order chi connectivity index (χ1) is 8.16. The Bertz CT molecular complexity index is 488. The summed E-state index contributed by atoms with van der Waals surface area (Å²) in [4.78, 5) is 4.28. The van der Waals surface area contributed by atoms with Crippen LogP contribution < -0.4 is 5.32 Å². The molecule has 1 aromatic heterocycles. The van der Waals surface area contributed by atoms with Gasteiger partial charge in [0.25, 0.3) is 0 Å². The van der Waals surface area contributed by atoms with Gasteiger partial charge in [-0.25, -0.2) is 4.98 Å². The second-order valence-electron chi connectivity index (χ2n) is 4.04. The molecule has 0 saturated carbocycles. The van der Waals surface area contributed by atoms with E-state index in [4.69, 9.17) is 0 Å². The summed E-state index contributed by atoms with van der Waals surface area (Å²) < 4.78 is 3.27. The number of hydrogen-bond acceptors (Lipinski definition) is 2. The van der Waals surface area contributed by atoms with E-state index in [1.165, 1.54) is 5.69 Å². The van der Waals surface area contributed by atoms with Crippen LogP contribution in [0.1, 0.15) is 11.4 Å². The zero-order valence-corrected chi connectivity index (χ0v) is 11.7. The predicted molar refractivity (Wildman–Crippen MR) is 74.3 cm³/mol. The second kappa shape index (κ2) is 5.36.